The summed E-state index contributed by atoms with van der Waals surface area (Å²) in [6.45, 7) is 1.58. The van der Waals surface area contributed by atoms with Crippen molar-refractivity contribution in [3.8, 4) is 0 Å². The number of carbonyl (C=O) groups is 1. The maximum Gasteiger partial charge on any atom is 0.253 e. The number of nitrogens with one attached hydrogen (secondary N) is 2. The van der Waals surface area contributed by atoms with Gasteiger partial charge in [0.1, 0.15) is 11.5 Å². The lowest BCUT2D eigenvalue weighted by atomic mass is 9.86. The number of halogens is 1. The summed E-state index contributed by atoms with van der Waals surface area (Å²) in [4.78, 5) is 16.9. The number of imidazole rings is 1. The van der Waals surface area contributed by atoms with E-state index in [1.54, 1.807) is 18.5 Å². The van der Waals surface area contributed by atoms with Gasteiger partial charge < -0.3 is 15.0 Å². The Hall–Kier alpha value is -2.73. The van der Waals surface area contributed by atoms with E-state index in [0.29, 0.717) is 12.1 Å². The summed E-state index contributed by atoms with van der Waals surface area (Å²) in [5, 5.41) is 6.45. The van der Waals surface area contributed by atoms with Gasteiger partial charge >= 0.3 is 0 Å². The molecule has 1 saturated heterocycles. The van der Waals surface area contributed by atoms with Crippen LogP contribution >= 0.6 is 0 Å². The summed E-state index contributed by atoms with van der Waals surface area (Å²) in [5.41, 5.74) is 2.45. The number of nitrogens with zero attached hydrogens (tertiary/aromatic N) is 2. The normalized spacial score (nSPS) is 20.5. The minimum atomic E-state index is -0.244. The lowest BCUT2D eigenvalue weighted by molar-refractivity contribution is 0.0924. The minimum absolute atomic E-state index is 0.0369. The molecule has 4 rings (SSSR count). The average molecular weight is 338 g/mol. The molecular weight excluding hydrogens is 319 g/mol. The molecule has 1 amide bonds. The van der Waals surface area contributed by atoms with Gasteiger partial charge in [-0.05, 0) is 42.8 Å². The van der Waals surface area contributed by atoms with Crippen molar-refractivity contribution >= 4 is 11.6 Å². The molecule has 2 unspecified atom stereocenters. The zero-order valence-electron chi connectivity index (χ0n) is 13.7. The quantitative estimate of drug-likeness (QED) is 0.771. The summed E-state index contributed by atoms with van der Waals surface area (Å²) in [7, 11) is 0. The van der Waals surface area contributed by atoms with Crippen molar-refractivity contribution in [2.45, 2.75) is 18.4 Å². The van der Waals surface area contributed by atoms with Gasteiger partial charge in [0.2, 0.25) is 0 Å². The van der Waals surface area contributed by atoms with Gasteiger partial charge in [-0.15, -0.1) is 0 Å². The SMILES string of the molecule is O=C(NC1CNCCC1c1ccc(F)cc1)c1ccc2nccn2c1. The number of amides is 1. The highest BCUT2D eigenvalue weighted by Crippen LogP contribution is 2.26. The second-order valence-electron chi connectivity index (χ2n) is 6.34. The number of carbonyl (C=O) groups excluding carboxylic acids is 1. The Morgan fingerprint density at radius 1 is 1.24 bits per heavy atom. The van der Waals surface area contributed by atoms with Crippen LogP contribution in [-0.4, -0.2) is 34.4 Å². The Kier molecular flexibility index (Phi) is 4.19. The highest BCUT2D eigenvalue weighted by Gasteiger charge is 2.28. The minimum Gasteiger partial charge on any atom is -0.347 e. The van der Waals surface area contributed by atoms with Gasteiger partial charge in [-0.3, -0.25) is 4.79 Å². The average Bonchev–Trinajstić information content (AvgIpc) is 3.11. The molecule has 3 heterocycles. The zero-order valence-corrected chi connectivity index (χ0v) is 13.7. The van der Waals surface area contributed by atoms with E-state index in [9.17, 15) is 9.18 Å². The topological polar surface area (TPSA) is 58.4 Å². The Bertz CT molecular complexity index is 890. The van der Waals surface area contributed by atoms with Crippen LogP contribution < -0.4 is 10.6 Å². The second-order valence-corrected chi connectivity index (χ2v) is 6.34. The predicted molar refractivity (Wildman–Crippen MR) is 93.1 cm³/mol. The molecule has 0 spiro atoms. The number of piperidine rings is 1. The van der Waals surface area contributed by atoms with E-state index in [4.69, 9.17) is 0 Å². The van der Waals surface area contributed by atoms with E-state index in [1.165, 1.54) is 12.1 Å². The molecular formula is C19H19FN4O. The van der Waals surface area contributed by atoms with Crippen LogP contribution in [0.15, 0.2) is 55.0 Å². The van der Waals surface area contributed by atoms with Crippen molar-refractivity contribution in [1.82, 2.24) is 20.0 Å². The predicted octanol–water partition coefficient (Wildman–Crippen LogP) is 2.35. The van der Waals surface area contributed by atoms with Crippen LogP contribution in [0.4, 0.5) is 4.39 Å². The van der Waals surface area contributed by atoms with E-state index >= 15 is 0 Å². The van der Waals surface area contributed by atoms with Gasteiger partial charge in [-0.2, -0.15) is 0 Å². The number of benzene rings is 1. The van der Waals surface area contributed by atoms with Crippen LogP contribution in [0.25, 0.3) is 5.65 Å². The zero-order chi connectivity index (χ0) is 17.2. The van der Waals surface area contributed by atoms with Gasteiger partial charge in [0.05, 0.1) is 5.56 Å². The van der Waals surface area contributed by atoms with Crippen molar-refractivity contribution in [3.63, 3.8) is 0 Å². The maximum atomic E-state index is 13.2. The summed E-state index contributed by atoms with van der Waals surface area (Å²) in [5.74, 6) is -0.189. The second kappa shape index (κ2) is 6.64. The molecule has 2 N–H and O–H groups in total. The van der Waals surface area contributed by atoms with Gasteiger partial charge in [0, 0.05) is 37.1 Å². The van der Waals surface area contributed by atoms with Crippen molar-refractivity contribution < 1.29 is 9.18 Å². The number of hydrogen-bond acceptors (Lipinski definition) is 3. The highest BCUT2D eigenvalue weighted by molar-refractivity contribution is 5.94. The molecule has 2 atom stereocenters. The van der Waals surface area contributed by atoms with Crippen molar-refractivity contribution in [1.29, 1.82) is 0 Å². The molecule has 0 radical (unpaired) electrons. The van der Waals surface area contributed by atoms with E-state index in [-0.39, 0.29) is 23.7 Å². The fraction of sp³-hybridized carbons (Fsp3) is 0.263. The van der Waals surface area contributed by atoms with E-state index in [1.807, 2.05) is 28.8 Å². The van der Waals surface area contributed by atoms with E-state index in [0.717, 1.165) is 24.2 Å². The Labute approximate surface area is 144 Å². The van der Waals surface area contributed by atoms with Crippen molar-refractivity contribution in [2.75, 3.05) is 13.1 Å². The molecule has 0 aliphatic carbocycles. The van der Waals surface area contributed by atoms with Crippen LogP contribution in [-0.2, 0) is 0 Å². The van der Waals surface area contributed by atoms with E-state index in [2.05, 4.69) is 15.6 Å². The number of pyridine rings is 1. The first-order valence-electron chi connectivity index (χ1n) is 8.40. The third-order valence-electron chi connectivity index (χ3n) is 4.75. The number of hydrogen-bond donors (Lipinski definition) is 2. The Balaban J connectivity index is 1.54. The molecule has 1 fully saturated rings. The molecule has 5 nitrogen and oxygen atoms in total. The van der Waals surface area contributed by atoms with Gasteiger partial charge in [0.25, 0.3) is 5.91 Å². The summed E-state index contributed by atoms with van der Waals surface area (Å²) < 4.78 is 15.0. The Morgan fingerprint density at radius 2 is 2.08 bits per heavy atom. The van der Waals surface area contributed by atoms with Gasteiger partial charge in [-0.25, -0.2) is 9.37 Å². The van der Waals surface area contributed by atoms with Crippen LogP contribution in [0.5, 0.6) is 0 Å². The molecule has 25 heavy (non-hydrogen) atoms. The summed E-state index contributed by atoms with van der Waals surface area (Å²) in [6.07, 6.45) is 6.19. The molecule has 1 aliphatic rings. The third kappa shape index (κ3) is 3.25. The monoisotopic (exact) mass is 338 g/mol. The molecule has 1 aromatic carbocycles. The molecule has 3 aromatic rings. The first-order chi connectivity index (χ1) is 12.2. The smallest absolute Gasteiger partial charge is 0.253 e. The van der Waals surface area contributed by atoms with Gasteiger partial charge in [0.15, 0.2) is 0 Å². The number of fused-ring (bicyclic) bond motifs is 1. The molecule has 0 bridgehead atoms. The van der Waals surface area contributed by atoms with Crippen LogP contribution in [0, 0.1) is 5.82 Å². The molecule has 2 aromatic heterocycles. The molecule has 1 aliphatic heterocycles. The fourth-order valence-electron chi connectivity index (χ4n) is 3.43. The van der Waals surface area contributed by atoms with E-state index < -0.39 is 0 Å². The fourth-order valence-corrected chi connectivity index (χ4v) is 3.43. The van der Waals surface area contributed by atoms with Crippen molar-refractivity contribution in [3.05, 3.63) is 71.9 Å². The number of aromatic nitrogens is 2. The standard InChI is InChI=1S/C19H19FN4O/c20-15-4-1-13(2-5-15)16-7-8-21-11-17(16)23-19(25)14-3-6-18-22-9-10-24(18)12-14/h1-6,9-10,12,16-17,21H,7-8,11H2,(H,23,25). The van der Waals surface area contributed by atoms with Crippen LogP contribution in [0.2, 0.25) is 0 Å². The third-order valence-corrected chi connectivity index (χ3v) is 4.75. The maximum absolute atomic E-state index is 13.2. The number of rotatable bonds is 3. The summed E-state index contributed by atoms with van der Waals surface area (Å²) in [6, 6.07) is 10.1. The lowest BCUT2D eigenvalue weighted by Crippen LogP contribution is -2.50. The highest BCUT2D eigenvalue weighted by atomic mass is 19.1. The first kappa shape index (κ1) is 15.8. The summed E-state index contributed by atoms with van der Waals surface area (Å²) >= 11 is 0. The molecule has 6 heteroatoms. The van der Waals surface area contributed by atoms with Gasteiger partial charge in [-0.1, -0.05) is 12.1 Å². The lowest BCUT2D eigenvalue weighted by Gasteiger charge is -2.33. The first-order valence-corrected chi connectivity index (χ1v) is 8.40. The van der Waals surface area contributed by atoms with Crippen LogP contribution in [0.3, 0.4) is 0 Å². The Morgan fingerprint density at radius 3 is 2.92 bits per heavy atom. The van der Waals surface area contributed by atoms with Crippen LogP contribution in [0.1, 0.15) is 28.3 Å². The molecule has 128 valence electrons. The molecule has 0 saturated carbocycles. The van der Waals surface area contributed by atoms with Crippen molar-refractivity contribution in [2.24, 2.45) is 0 Å². The largest absolute Gasteiger partial charge is 0.347 e.